The minimum Gasteiger partial charge on any atom is -0.380 e. The van der Waals surface area contributed by atoms with Crippen LogP contribution in [0.4, 0.5) is 5.69 Å². The first-order chi connectivity index (χ1) is 9.77. The number of sulfonamides is 1. The molecule has 21 heavy (non-hydrogen) atoms. The van der Waals surface area contributed by atoms with Crippen LogP contribution in [0.1, 0.15) is 11.1 Å². The molecule has 0 fully saturated rings. The van der Waals surface area contributed by atoms with E-state index in [1.165, 1.54) is 18.2 Å². The zero-order chi connectivity index (χ0) is 15.6. The highest BCUT2D eigenvalue weighted by Gasteiger charge is 2.10. The second-order valence-corrected chi connectivity index (χ2v) is 7.45. The Bertz CT molecular complexity index is 779. The van der Waals surface area contributed by atoms with Gasteiger partial charge in [-0.25, -0.2) is 13.6 Å². The van der Waals surface area contributed by atoms with E-state index in [9.17, 15) is 8.42 Å². The predicted molar refractivity (Wildman–Crippen MR) is 89.0 cm³/mol. The van der Waals surface area contributed by atoms with Crippen LogP contribution in [0.3, 0.4) is 0 Å². The Labute approximate surface area is 137 Å². The van der Waals surface area contributed by atoms with Crippen molar-refractivity contribution in [2.45, 2.75) is 18.4 Å². The molecule has 0 aliphatic rings. The lowest BCUT2D eigenvalue weighted by molar-refractivity contribution is 0.598. The third-order valence-corrected chi connectivity index (χ3v) is 5.10. The van der Waals surface area contributed by atoms with Crippen LogP contribution < -0.4 is 10.5 Å². The minimum atomic E-state index is -3.74. The number of nitrogens with one attached hydrogen (secondary N) is 1. The van der Waals surface area contributed by atoms with E-state index in [-0.39, 0.29) is 4.90 Å². The summed E-state index contributed by atoms with van der Waals surface area (Å²) in [4.78, 5) is 0.0291. The molecule has 0 radical (unpaired) electrons. The van der Waals surface area contributed by atoms with Gasteiger partial charge in [0.15, 0.2) is 0 Å². The second-order valence-electron chi connectivity index (χ2n) is 4.62. The number of halogens is 2. The molecule has 0 aliphatic carbocycles. The molecule has 0 saturated heterocycles. The maximum atomic E-state index is 11.4. The molecular weight excluding hydrogens is 376 g/mol. The second kappa shape index (κ2) is 6.36. The average Bonchev–Trinajstić information content (AvgIpc) is 2.40. The largest absolute Gasteiger partial charge is 0.380 e. The predicted octanol–water partition coefficient (Wildman–Crippen LogP) is 3.67. The van der Waals surface area contributed by atoms with Crippen molar-refractivity contribution >= 4 is 43.2 Å². The number of nitrogens with two attached hydrogens (primary N) is 1. The molecule has 2 aromatic carbocycles. The van der Waals surface area contributed by atoms with Gasteiger partial charge in [-0.05, 0) is 42.3 Å². The van der Waals surface area contributed by atoms with Crippen LogP contribution in [0.5, 0.6) is 0 Å². The van der Waals surface area contributed by atoms with E-state index >= 15 is 0 Å². The first-order valence-corrected chi connectivity index (χ1v) is 8.80. The van der Waals surface area contributed by atoms with Crippen molar-refractivity contribution in [1.29, 1.82) is 0 Å². The van der Waals surface area contributed by atoms with Crippen molar-refractivity contribution in [3.63, 3.8) is 0 Å². The van der Waals surface area contributed by atoms with Gasteiger partial charge in [-0.1, -0.05) is 39.7 Å². The summed E-state index contributed by atoms with van der Waals surface area (Å²) in [6.45, 7) is 2.53. The van der Waals surface area contributed by atoms with Gasteiger partial charge in [0, 0.05) is 11.0 Å². The van der Waals surface area contributed by atoms with Gasteiger partial charge in [0.2, 0.25) is 10.0 Å². The number of anilines is 1. The molecule has 0 aliphatic heterocycles. The van der Waals surface area contributed by atoms with E-state index in [2.05, 4.69) is 21.2 Å². The molecule has 0 saturated carbocycles. The van der Waals surface area contributed by atoms with Crippen LogP contribution in [0.25, 0.3) is 0 Å². The number of benzene rings is 2. The zero-order valence-electron chi connectivity index (χ0n) is 11.2. The van der Waals surface area contributed by atoms with Crippen LogP contribution >= 0.6 is 27.5 Å². The quantitative estimate of drug-likeness (QED) is 0.838. The van der Waals surface area contributed by atoms with Crippen molar-refractivity contribution < 1.29 is 8.42 Å². The summed E-state index contributed by atoms with van der Waals surface area (Å²) in [5.41, 5.74) is 2.72. The molecule has 0 atom stereocenters. The van der Waals surface area contributed by atoms with Gasteiger partial charge in [-0.3, -0.25) is 0 Å². The highest BCUT2D eigenvalue weighted by atomic mass is 79.9. The van der Waals surface area contributed by atoms with Crippen molar-refractivity contribution in [2.24, 2.45) is 5.14 Å². The summed E-state index contributed by atoms with van der Waals surface area (Å²) in [5, 5.41) is 8.68. The summed E-state index contributed by atoms with van der Waals surface area (Å²) in [6, 6.07) is 10.3. The molecule has 0 bridgehead atoms. The van der Waals surface area contributed by atoms with E-state index in [1.54, 1.807) is 0 Å². The Morgan fingerprint density at radius 2 is 1.95 bits per heavy atom. The summed E-state index contributed by atoms with van der Waals surface area (Å²) < 4.78 is 23.8. The van der Waals surface area contributed by atoms with Gasteiger partial charge in [0.05, 0.1) is 15.6 Å². The SMILES string of the molecule is Cc1cc(CNc2cc(S(N)(=O)=O)ccc2Cl)ccc1Br. The van der Waals surface area contributed by atoms with Crippen LogP contribution in [-0.4, -0.2) is 8.42 Å². The van der Waals surface area contributed by atoms with E-state index < -0.39 is 10.0 Å². The maximum Gasteiger partial charge on any atom is 0.238 e. The standard InChI is InChI=1S/C14H14BrClN2O2S/c1-9-6-10(2-4-12(9)15)8-18-14-7-11(21(17,19)20)3-5-13(14)16/h2-7,18H,8H2,1H3,(H2,17,19,20). The molecule has 7 heteroatoms. The molecule has 0 spiro atoms. The monoisotopic (exact) mass is 388 g/mol. The first-order valence-electron chi connectivity index (χ1n) is 6.08. The fourth-order valence-corrected chi connectivity index (χ4v) is 2.80. The van der Waals surface area contributed by atoms with Crippen LogP contribution in [-0.2, 0) is 16.6 Å². The van der Waals surface area contributed by atoms with Crippen molar-refractivity contribution in [1.82, 2.24) is 0 Å². The van der Waals surface area contributed by atoms with Gasteiger partial charge in [0.1, 0.15) is 0 Å². The lowest BCUT2D eigenvalue weighted by Crippen LogP contribution is -2.12. The highest BCUT2D eigenvalue weighted by molar-refractivity contribution is 9.10. The molecule has 0 unspecified atom stereocenters. The Hall–Kier alpha value is -1.08. The third-order valence-electron chi connectivity index (χ3n) is 2.97. The number of hydrogen-bond donors (Lipinski definition) is 2. The number of rotatable bonds is 4. The molecule has 2 rings (SSSR count). The molecule has 2 aromatic rings. The fourth-order valence-electron chi connectivity index (χ4n) is 1.83. The third kappa shape index (κ3) is 4.20. The Morgan fingerprint density at radius 3 is 2.57 bits per heavy atom. The molecule has 0 aromatic heterocycles. The van der Waals surface area contributed by atoms with E-state index in [4.69, 9.17) is 16.7 Å². The van der Waals surface area contributed by atoms with Crippen LogP contribution in [0, 0.1) is 6.92 Å². The Morgan fingerprint density at radius 1 is 1.24 bits per heavy atom. The lowest BCUT2D eigenvalue weighted by Gasteiger charge is -2.11. The molecule has 4 nitrogen and oxygen atoms in total. The number of primary sulfonamides is 1. The summed E-state index contributed by atoms with van der Waals surface area (Å²) in [6.07, 6.45) is 0. The zero-order valence-corrected chi connectivity index (χ0v) is 14.4. The molecule has 0 amide bonds. The fraction of sp³-hybridized carbons (Fsp3) is 0.143. The van der Waals surface area contributed by atoms with Crippen molar-refractivity contribution in [2.75, 3.05) is 5.32 Å². The van der Waals surface area contributed by atoms with E-state index in [0.717, 1.165) is 15.6 Å². The lowest BCUT2D eigenvalue weighted by atomic mass is 10.1. The topological polar surface area (TPSA) is 72.2 Å². The summed E-state index contributed by atoms with van der Waals surface area (Å²) >= 11 is 9.51. The molecule has 112 valence electrons. The Kier molecular flexibility index (Phi) is 4.93. The van der Waals surface area contributed by atoms with Crippen molar-refractivity contribution in [3.8, 4) is 0 Å². The summed E-state index contributed by atoms with van der Waals surface area (Å²) in [7, 11) is -3.74. The minimum absolute atomic E-state index is 0.0291. The van der Waals surface area contributed by atoms with Gasteiger partial charge < -0.3 is 5.32 Å². The molecule has 0 heterocycles. The van der Waals surface area contributed by atoms with E-state index in [0.29, 0.717) is 17.3 Å². The van der Waals surface area contributed by atoms with Gasteiger partial charge >= 0.3 is 0 Å². The number of aryl methyl sites for hydroxylation is 1. The average molecular weight is 390 g/mol. The first kappa shape index (κ1) is 16.3. The number of hydrogen-bond acceptors (Lipinski definition) is 3. The molecular formula is C14H14BrClN2O2S. The summed E-state index contributed by atoms with van der Waals surface area (Å²) in [5.74, 6) is 0. The van der Waals surface area contributed by atoms with Crippen LogP contribution in [0.15, 0.2) is 45.8 Å². The van der Waals surface area contributed by atoms with Crippen molar-refractivity contribution in [3.05, 3.63) is 57.0 Å². The van der Waals surface area contributed by atoms with Gasteiger partial charge in [-0.2, -0.15) is 0 Å². The Balaban J connectivity index is 2.21. The highest BCUT2D eigenvalue weighted by Crippen LogP contribution is 2.26. The van der Waals surface area contributed by atoms with Gasteiger partial charge in [0.25, 0.3) is 0 Å². The smallest absolute Gasteiger partial charge is 0.238 e. The maximum absolute atomic E-state index is 11.4. The van der Waals surface area contributed by atoms with Gasteiger partial charge in [-0.15, -0.1) is 0 Å². The molecule has 3 N–H and O–H groups in total. The normalized spacial score (nSPS) is 11.4. The van der Waals surface area contributed by atoms with E-state index in [1.807, 2.05) is 25.1 Å². The van der Waals surface area contributed by atoms with Crippen LogP contribution in [0.2, 0.25) is 5.02 Å².